The van der Waals surface area contributed by atoms with Gasteiger partial charge in [0.2, 0.25) is 11.8 Å². The summed E-state index contributed by atoms with van der Waals surface area (Å²) >= 11 is 0. The Kier molecular flexibility index (Phi) is 8.64. The summed E-state index contributed by atoms with van der Waals surface area (Å²) in [7, 11) is 0. The second-order valence-electron chi connectivity index (χ2n) is 7.65. The van der Waals surface area contributed by atoms with Gasteiger partial charge >= 0.3 is 6.09 Å². The number of hydrogen-bond donors (Lipinski definition) is 3. The number of alkyl carbamates (subject to hydrolysis) is 1. The predicted molar refractivity (Wildman–Crippen MR) is 107 cm³/mol. The molecule has 1 saturated heterocycles. The maximum atomic E-state index is 12.7. The third-order valence-corrected chi connectivity index (χ3v) is 4.72. The van der Waals surface area contributed by atoms with E-state index >= 15 is 0 Å². The molecule has 1 heterocycles. The first-order chi connectivity index (χ1) is 13.9. The third kappa shape index (κ3) is 7.56. The Morgan fingerprint density at radius 2 is 1.97 bits per heavy atom. The number of carbonyl (C=O) groups excluding carboxylic acids is 4. The highest BCUT2D eigenvalue weighted by atomic mass is 16.5. The summed E-state index contributed by atoms with van der Waals surface area (Å²) in [6.45, 7) is 4.53. The van der Waals surface area contributed by atoms with Gasteiger partial charge in [-0.2, -0.15) is 0 Å². The highest BCUT2D eigenvalue weighted by Gasteiger charge is 2.30. The monoisotopic (exact) mass is 403 g/mol. The smallest absolute Gasteiger partial charge is 0.408 e. The van der Waals surface area contributed by atoms with Crippen LogP contribution in [0.25, 0.3) is 0 Å². The highest BCUT2D eigenvalue weighted by Crippen LogP contribution is 2.16. The molecule has 3 atom stereocenters. The van der Waals surface area contributed by atoms with Crippen LogP contribution in [-0.4, -0.2) is 42.8 Å². The van der Waals surface area contributed by atoms with E-state index in [1.165, 1.54) is 0 Å². The van der Waals surface area contributed by atoms with E-state index in [0.717, 1.165) is 5.56 Å². The van der Waals surface area contributed by atoms with Gasteiger partial charge in [-0.05, 0) is 30.7 Å². The molecule has 3 N–H and O–H groups in total. The van der Waals surface area contributed by atoms with Gasteiger partial charge < -0.3 is 25.5 Å². The topological polar surface area (TPSA) is 114 Å². The zero-order chi connectivity index (χ0) is 21.2. The summed E-state index contributed by atoms with van der Waals surface area (Å²) in [5, 5.41) is 7.94. The third-order valence-electron chi connectivity index (χ3n) is 4.72. The normalized spacial score (nSPS) is 17.9. The predicted octanol–water partition coefficient (Wildman–Crippen LogP) is 1.54. The van der Waals surface area contributed by atoms with Crippen LogP contribution in [-0.2, 0) is 25.7 Å². The molecule has 1 unspecified atom stereocenters. The second kappa shape index (κ2) is 11.2. The molecule has 1 fully saturated rings. The number of hydrogen-bond acceptors (Lipinski definition) is 5. The van der Waals surface area contributed by atoms with Gasteiger partial charge in [0.05, 0.1) is 6.04 Å². The average Bonchev–Trinajstić information content (AvgIpc) is 3.10. The van der Waals surface area contributed by atoms with E-state index in [-0.39, 0.29) is 30.8 Å². The van der Waals surface area contributed by atoms with Crippen LogP contribution in [0.3, 0.4) is 0 Å². The van der Waals surface area contributed by atoms with Crippen LogP contribution in [0.15, 0.2) is 30.3 Å². The largest absolute Gasteiger partial charge is 0.445 e. The Morgan fingerprint density at radius 1 is 1.24 bits per heavy atom. The molecule has 1 aliphatic heterocycles. The summed E-state index contributed by atoms with van der Waals surface area (Å²) in [4.78, 5) is 47.9. The van der Waals surface area contributed by atoms with Crippen molar-refractivity contribution in [1.29, 1.82) is 0 Å². The van der Waals surface area contributed by atoms with Crippen molar-refractivity contribution in [3.8, 4) is 0 Å². The van der Waals surface area contributed by atoms with Crippen LogP contribution < -0.4 is 16.0 Å². The molecule has 2 rings (SSSR count). The minimum atomic E-state index is -0.835. The van der Waals surface area contributed by atoms with Crippen molar-refractivity contribution in [2.24, 2.45) is 11.8 Å². The van der Waals surface area contributed by atoms with E-state index in [1.54, 1.807) is 0 Å². The quantitative estimate of drug-likeness (QED) is 0.513. The van der Waals surface area contributed by atoms with E-state index in [1.807, 2.05) is 44.2 Å². The summed E-state index contributed by atoms with van der Waals surface area (Å²) in [6, 6.07) is 7.60. The number of nitrogens with one attached hydrogen (secondary N) is 3. The SMILES string of the molecule is CC(C)C[C@H](NC(=O)OCc1ccccc1)C(=O)N[C@H](C=O)CC1CCNC1=O. The van der Waals surface area contributed by atoms with Crippen LogP contribution in [0.2, 0.25) is 0 Å². The zero-order valence-electron chi connectivity index (χ0n) is 16.9. The maximum absolute atomic E-state index is 12.7. The lowest BCUT2D eigenvalue weighted by Crippen LogP contribution is -2.51. The van der Waals surface area contributed by atoms with Gasteiger partial charge in [-0.3, -0.25) is 9.59 Å². The van der Waals surface area contributed by atoms with E-state index in [9.17, 15) is 19.2 Å². The molecule has 158 valence electrons. The Morgan fingerprint density at radius 3 is 2.55 bits per heavy atom. The second-order valence-corrected chi connectivity index (χ2v) is 7.65. The lowest BCUT2D eigenvalue weighted by molar-refractivity contribution is -0.127. The molecule has 8 heteroatoms. The summed E-state index contributed by atoms with van der Waals surface area (Å²) in [5.74, 6) is -0.730. The molecular formula is C21H29N3O5. The van der Waals surface area contributed by atoms with Gasteiger partial charge in [0.1, 0.15) is 18.9 Å². The van der Waals surface area contributed by atoms with Crippen LogP contribution in [0.5, 0.6) is 0 Å². The van der Waals surface area contributed by atoms with Crippen LogP contribution in [0, 0.1) is 11.8 Å². The maximum Gasteiger partial charge on any atom is 0.408 e. The molecular weight excluding hydrogens is 374 g/mol. The molecule has 0 saturated carbocycles. The Balaban J connectivity index is 1.90. The minimum Gasteiger partial charge on any atom is -0.445 e. The first-order valence-corrected chi connectivity index (χ1v) is 9.89. The van der Waals surface area contributed by atoms with Crippen molar-refractivity contribution in [3.05, 3.63) is 35.9 Å². The van der Waals surface area contributed by atoms with Gasteiger partial charge in [0.25, 0.3) is 0 Å². The van der Waals surface area contributed by atoms with Crippen molar-refractivity contribution >= 4 is 24.2 Å². The molecule has 29 heavy (non-hydrogen) atoms. The van der Waals surface area contributed by atoms with Gasteiger partial charge in [0.15, 0.2) is 0 Å². The van der Waals surface area contributed by atoms with Crippen molar-refractivity contribution in [1.82, 2.24) is 16.0 Å². The van der Waals surface area contributed by atoms with Crippen molar-refractivity contribution in [2.45, 2.75) is 51.8 Å². The lowest BCUT2D eigenvalue weighted by Gasteiger charge is -2.23. The first kappa shape index (κ1) is 22.4. The molecule has 8 nitrogen and oxygen atoms in total. The average molecular weight is 403 g/mol. The Labute approximate surface area is 170 Å². The number of benzene rings is 1. The van der Waals surface area contributed by atoms with E-state index in [2.05, 4.69) is 16.0 Å². The molecule has 0 spiro atoms. The van der Waals surface area contributed by atoms with Gasteiger partial charge in [-0.15, -0.1) is 0 Å². The van der Waals surface area contributed by atoms with Crippen LogP contribution in [0.1, 0.15) is 38.7 Å². The van der Waals surface area contributed by atoms with Crippen molar-refractivity contribution in [3.63, 3.8) is 0 Å². The molecule has 1 aromatic rings. The fourth-order valence-electron chi connectivity index (χ4n) is 3.22. The summed E-state index contributed by atoms with van der Waals surface area (Å²) in [5.41, 5.74) is 0.836. The molecule has 1 aromatic carbocycles. The first-order valence-electron chi connectivity index (χ1n) is 9.89. The molecule has 0 aliphatic carbocycles. The van der Waals surface area contributed by atoms with E-state index in [0.29, 0.717) is 25.7 Å². The summed E-state index contributed by atoms with van der Waals surface area (Å²) < 4.78 is 5.19. The van der Waals surface area contributed by atoms with Gasteiger partial charge in [-0.25, -0.2) is 4.79 Å². The Bertz CT molecular complexity index is 708. The van der Waals surface area contributed by atoms with Crippen LogP contribution >= 0.6 is 0 Å². The number of amides is 3. The Hall–Kier alpha value is -2.90. The van der Waals surface area contributed by atoms with E-state index in [4.69, 9.17) is 4.74 Å². The molecule has 1 aliphatic rings. The fourth-order valence-corrected chi connectivity index (χ4v) is 3.22. The standard InChI is InChI=1S/C21H29N3O5/c1-14(2)10-18(24-21(28)29-13-15-6-4-3-5-7-15)20(27)23-17(12-25)11-16-8-9-22-19(16)26/h3-7,12,14,16-18H,8-11,13H2,1-2H3,(H,22,26)(H,23,27)(H,24,28)/t16?,17-,18-/m0/s1. The molecule has 0 aromatic heterocycles. The zero-order valence-corrected chi connectivity index (χ0v) is 16.9. The number of carbonyl (C=O) groups is 4. The number of aldehydes is 1. The minimum absolute atomic E-state index is 0.0937. The summed E-state index contributed by atoms with van der Waals surface area (Å²) in [6.07, 6.45) is 1.20. The highest BCUT2D eigenvalue weighted by molar-refractivity contribution is 5.88. The van der Waals surface area contributed by atoms with Crippen LogP contribution in [0.4, 0.5) is 4.79 Å². The lowest BCUT2D eigenvalue weighted by atomic mass is 9.98. The number of ether oxygens (including phenoxy) is 1. The van der Waals surface area contributed by atoms with Gasteiger partial charge in [0, 0.05) is 12.5 Å². The fraction of sp³-hybridized carbons (Fsp3) is 0.524. The van der Waals surface area contributed by atoms with Crippen molar-refractivity contribution < 1.29 is 23.9 Å². The molecule has 0 radical (unpaired) electrons. The molecule has 3 amide bonds. The number of rotatable bonds is 10. The van der Waals surface area contributed by atoms with E-state index < -0.39 is 24.1 Å². The molecule has 0 bridgehead atoms. The van der Waals surface area contributed by atoms with Crippen molar-refractivity contribution in [2.75, 3.05) is 6.54 Å². The van der Waals surface area contributed by atoms with Gasteiger partial charge in [-0.1, -0.05) is 44.2 Å².